The van der Waals surface area contributed by atoms with Crippen LogP contribution in [0.4, 0.5) is 0 Å². The van der Waals surface area contributed by atoms with Gasteiger partial charge in [-0.25, -0.2) is 4.79 Å². The molecule has 0 unspecified atom stereocenters. The molecular formula is C6H4N4O2. The van der Waals surface area contributed by atoms with Gasteiger partial charge in [0.05, 0.1) is 5.69 Å². The first-order valence-corrected chi connectivity index (χ1v) is 3.18. The number of aromatic amines is 1. The topological polar surface area (TPSA) is 91.8 Å². The second-order valence-electron chi connectivity index (χ2n) is 2.17. The Hall–Kier alpha value is -1.98. The van der Waals surface area contributed by atoms with Crippen LogP contribution < -0.4 is 0 Å². The maximum Gasteiger partial charge on any atom is 0.358 e. The Kier molecular flexibility index (Phi) is 1.26. The summed E-state index contributed by atoms with van der Waals surface area (Å²) in [5.41, 5.74) is 0.772. The molecule has 2 aliphatic rings. The van der Waals surface area contributed by atoms with Crippen LogP contribution in [0.3, 0.4) is 0 Å². The molecule has 0 bridgehead atoms. The summed E-state index contributed by atoms with van der Waals surface area (Å²) in [6, 6.07) is 1.64. The van der Waals surface area contributed by atoms with Gasteiger partial charge >= 0.3 is 5.97 Å². The minimum atomic E-state index is -1.12. The number of hydrogen-bond acceptors (Lipinski definition) is 4. The van der Waals surface area contributed by atoms with Crippen molar-refractivity contribution in [2.24, 2.45) is 0 Å². The van der Waals surface area contributed by atoms with Gasteiger partial charge in [0.1, 0.15) is 5.69 Å². The van der Waals surface area contributed by atoms with E-state index in [2.05, 4.69) is 20.4 Å². The molecule has 2 N–H and O–H groups in total. The Morgan fingerprint density at radius 3 is 3.17 bits per heavy atom. The summed E-state index contributed by atoms with van der Waals surface area (Å²) in [5.74, 6) is -1.12. The van der Waals surface area contributed by atoms with Crippen LogP contribution in [0.15, 0.2) is 12.3 Å². The molecule has 6 nitrogen and oxygen atoms in total. The molecule has 0 aliphatic carbocycles. The highest BCUT2D eigenvalue weighted by molar-refractivity contribution is 5.91. The van der Waals surface area contributed by atoms with E-state index in [0.717, 1.165) is 0 Å². The van der Waals surface area contributed by atoms with Gasteiger partial charge in [-0.2, -0.15) is 0 Å². The number of aromatic carboxylic acids is 1. The van der Waals surface area contributed by atoms with E-state index >= 15 is 0 Å². The summed E-state index contributed by atoms with van der Waals surface area (Å²) in [5, 5.41) is 18.0. The number of carboxylic acid groups (broad SMARTS) is 1. The lowest BCUT2D eigenvalue weighted by molar-refractivity contribution is 0.0689. The average molecular weight is 164 g/mol. The highest BCUT2D eigenvalue weighted by Crippen LogP contribution is 2.17. The molecular weight excluding hydrogens is 160 g/mol. The van der Waals surface area contributed by atoms with Crippen molar-refractivity contribution >= 4 is 5.97 Å². The van der Waals surface area contributed by atoms with Gasteiger partial charge < -0.3 is 5.11 Å². The molecule has 0 amide bonds. The molecule has 2 rings (SSSR count). The van der Waals surface area contributed by atoms with E-state index in [1.54, 1.807) is 6.07 Å². The summed E-state index contributed by atoms with van der Waals surface area (Å²) < 4.78 is 0. The highest BCUT2D eigenvalue weighted by Gasteiger charge is 2.17. The van der Waals surface area contributed by atoms with Gasteiger partial charge in [-0.1, -0.05) is 5.21 Å². The summed E-state index contributed by atoms with van der Waals surface area (Å²) in [7, 11) is 0. The zero-order chi connectivity index (χ0) is 8.55. The fraction of sp³-hybridized carbons (Fsp3) is 0. The molecule has 60 valence electrons. The number of H-pyrrole nitrogens is 1. The van der Waals surface area contributed by atoms with E-state index in [0.29, 0.717) is 11.4 Å². The van der Waals surface area contributed by atoms with Crippen LogP contribution in [0.5, 0.6) is 0 Å². The maximum atomic E-state index is 10.6. The Balaban J connectivity index is 2.71. The largest absolute Gasteiger partial charge is 0.476 e. The fourth-order valence-electron chi connectivity index (χ4n) is 0.934. The average Bonchev–Trinajstić information content (AvgIpc) is 2.49. The lowest BCUT2D eigenvalue weighted by Gasteiger charge is -1.97. The lowest BCUT2D eigenvalue weighted by atomic mass is 10.2. The number of hydrogen-bond donors (Lipinski definition) is 2. The van der Waals surface area contributed by atoms with Crippen molar-refractivity contribution in [2.45, 2.75) is 0 Å². The van der Waals surface area contributed by atoms with Gasteiger partial charge in [0.15, 0.2) is 5.69 Å². The molecule has 12 heavy (non-hydrogen) atoms. The van der Waals surface area contributed by atoms with Crippen molar-refractivity contribution in [1.29, 1.82) is 0 Å². The zero-order valence-electron chi connectivity index (χ0n) is 5.85. The van der Waals surface area contributed by atoms with E-state index in [1.165, 1.54) is 6.20 Å². The standard InChI is InChI=1S/C6H4N4O2/c11-6(12)5-4-3(1-2-7-4)8-10-9-5/h1-2H,(H,8,9)(H,11,12). The molecule has 0 radical (unpaired) electrons. The number of carboxylic acids is 1. The molecule has 0 aromatic rings. The molecule has 0 fully saturated rings. The minimum absolute atomic E-state index is 0.131. The number of fused-ring (bicyclic) bond motifs is 1. The summed E-state index contributed by atoms with van der Waals surface area (Å²) in [6.07, 6.45) is 1.50. The van der Waals surface area contributed by atoms with Crippen molar-refractivity contribution < 1.29 is 9.90 Å². The number of aromatic nitrogens is 4. The predicted molar refractivity (Wildman–Crippen MR) is 37.8 cm³/mol. The smallest absolute Gasteiger partial charge is 0.358 e. The summed E-state index contributed by atoms with van der Waals surface area (Å²) >= 11 is 0. The first-order chi connectivity index (χ1) is 5.79. The van der Waals surface area contributed by atoms with Gasteiger partial charge in [-0.15, -0.1) is 5.10 Å². The van der Waals surface area contributed by atoms with Crippen molar-refractivity contribution in [3.8, 4) is 11.4 Å². The Bertz CT molecular complexity index is 397. The second-order valence-corrected chi connectivity index (χ2v) is 2.17. The van der Waals surface area contributed by atoms with Crippen molar-refractivity contribution in [3.05, 3.63) is 18.0 Å². The van der Waals surface area contributed by atoms with E-state index in [-0.39, 0.29) is 5.69 Å². The van der Waals surface area contributed by atoms with Crippen LogP contribution in [0.1, 0.15) is 10.5 Å². The van der Waals surface area contributed by atoms with E-state index < -0.39 is 5.97 Å². The number of rotatable bonds is 1. The van der Waals surface area contributed by atoms with E-state index in [9.17, 15) is 4.79 Å². The molecule has 0 aromatic carbocycles. The maximum absolute atomic E-state index is 10.6. The third kappa shape index (κ3) is 0.815. The highest BCUT2D eigenvalue weighted by atomic mass is 16.4. The molecule has 0 saturated heterocycles. The van der Waals surface area contributed by atoms with Crippen LogP contribution in [0.2, 0.25) is 0 Å². The van der Waals surface area contributed by atoms with Gasteiger partial charge in [0.25, 0.3) is 0 Å². The molecule has 6 heteroatoms. The fourth-order valence-corrected chi connectivity index (χ4v) is 0.934. The zero-order valence-corrected chi connectivity index (χ0v) is 5.85. The first-order valence-electron chi connectivity index (χ1n) is 3.18. The molecule has 0 atom stereocenters. The van der Waals surface area contributed by atoms with Crippen molar-refractivity contribution in [1.82, 2.24) is 20.4 Å². The van der Waals surface area contributed by atoms with Gasteiger partial charge in [0.2, 0.25) is 0 Å². The molecule has 0 saturated carbocycles. The van der Waals surface area contributed by atoms with Crippen molar-refractivity contribution in [3.63, 3.8) is 0 Å². The van der Waals surface area contributed by atoms with Gasteiger partial charge in [0, 0.05) is 6.20 Å². The van der Waals surface area contributed by atoms with Crippen LogP contribution in [-0.2, 0) is 0 Å². The Labute approximate surface area is 66.6 Å². The number of nitrogens with one attached hydrogen (secondary N) is 1. The lowest BCUT2D eigenvalue weighted by Crippen LogP contribution is -2.07. The molecule has 2 aliphatic heterocycles. The van der Waals surface area contributed by atoms with E-state index in [4.69, 9.17) is 5.11 Å². The van der Waals surface area contributed by atoms with E-state index in [1.807, 2.05) is 0 Å². The van der Waals surface area contributed by atoms with Crippen molar-refractivity contribution in [2.75, 3.05) is 0 Å². The van der Waals surface area contributed by atoms with Crippen LogP contribution >= 0.6 is 0 Å². The van der Waals surface area contributed by atoms with Crippen LogP contribution in [-0.4, -0.2) is 31.5 Å². The second kappa shape index (κ2) is 2.26. The quantitative estimate of drug-likeness (QED) is 0.619. The third-order valence-electron chi connectivity index (χ3n) is 1.45. The Morgan fingerprint density at radius 2 is 2.42 bits per heavy atom. The summed E-state index contributed by atoms with van der Waals surface area (Å²) in [4.78, 5) is 14.4. The number of carbonyl (C=O) groups is 1. The third-order valence-corrected chi connectivity index (χ3v) is 1.45. The molecule has 0 spiro atoms. The summed E-state index contributed by atoms with van der Waals surface area (Å²) in [6.45, 7) is 0. The first kappa shape index (κ1) is 6.71. The Morgan fingerprint density at radius 1 is 1.58 bits per heavy atom. The van der Waals surface area contributed by atoms with Gasteiger partial charge in [-0.3, -0.25) is 10.1 Å². The SMILES string of the molecule is O=C(O)c1nn[nH]c2ccnc1-2. The van der Waals surface area contributed by atoms with Crippen LogP contribution in [0, 0.1) is 0 Å². The molecule has 2 heterocycles. The van der Waals surface area contributed by atoms with Gasteiger partial charge in [-0.05, 0) is 6.07 Å². The monoisotopic (exact) mass is 164 g/mol. The molecule has 0 aromatic heterocycles. The minimum Gasteiger partial charge on any atom is -0.476 e. The predicted octanol–water partition coefficient (Wildman–Crippen LogP) is 0.00270. The van der Waals surface area contributed by atoms with Crippen LogP contribution in [0.25, 0.3) is 11.4 Å². The normalized spacial score (nSPS) is 10.3. The number of nitrogens with zero attached hydrogens (tertiary/aromatic N) is 3.